The Morgan fingerprint density at radius 3 is 2.44 bits per heavy atom. The molecule has 0 saturated carbocycles. The molecule has 1 aromatic heterocycles. The average molecular weight is 244 g/mol. The number of benzene rings is 1. The zero-order chi connectivity index (χ0) is 12.9. The molecule has 3 rings (SSSR count). The second-order valence-electron chi connectivity index (χ2n) is 4.35. The summed E-state index contributed by atoms with van der Waals surface area (Å²) in [5.74, 6) is 0.480. The zero-order valence-electron chi connectivity index (χ0n) is 10.1. The van der Waals surface area contributed by atoms with Gasteiger partial charge in [-0.1, -0.05) is 17.7 Å². The molecule has 0 radical (unpaired) electrons. The summed E-state index contributed by atoms with van der Waals surface area (Å²) >= 11 is 0. The highest BCUT2D eigenvalue weighted by Crippen LogP contribution is 2.22. The molecule has 0 N–H and O–H groups in total. The van der Waals surface area contributed by atoms with Crippen LogP contribution in [-0.4, -0.2) is 20.4 Å². The van der Waals surface area contributed by atoms with Crippen LogP contribution in [0.15, 0.2) is 29.1 Å². The van der Waals surface area contributed by atoms with Gasteiger partial charge in [-0.15, -0.1) is 0 Å². The van der Waals surface area contributed by atoms with Crippen molar-refractivity contribution in [2.45, 2.75) is 13.5 Å². The summed E-state index contributed by atoms with van der Waals surface area (Å²) in [6, 6.07) is 7.42. The number of anilines is 1. The number of aromatic nitrogens is 3. The number of hydrogen-bond acceptors (Lipinski definition) is 3. The first-order valence-corrected chi connectivity index (χ1v) is 5.61. The fourth-order valence-corrected chi connectivity index (χ4v) is 2.08. The second kappa shape index (κ2) is 3.56. The van der Waals surface area contributed by atoms with E-state index in [2.05, 4.69) is 4.98 Å². The minimum absolute atomic E-state index is 0.244. The zero-order valence-corrected chi connectivity index (χ0v) is 10.1. The van der Waals surface area contributed by atoms with E-state index in [1.807, 2.05) is 31.2 Å². The summed E-state index contributed by atoms with van der Waals surface area (Å²) in [6.07, 6.45) is 0. The normalized spacial score (nSPS) is 14.1. The highest BCUT2D eigenvalue weighted by atomic mass is 16.2. The number of carbonyl (C=O) groups is 1. The molecule has 0 spiro atoms. The van der Waals surface area contributed by atoms with E-state index in [1.54, 1.807) is 4.90 Å². The highest BCUT2D eigenvalue weighted by Gasteiger charge is 2.32. The third-order valence-electron chi connectivity index (χ3n) is 3.10. The molecule has 1 aliphatic rings. The molecule has 0 bridgehead atoms. The monoisotopic (exact) mass is 244 g/mol. The number of amides is 1. The van der Waals surface area contributed by atoms with Gasteiger partial charge < -0.3 is 0 Å². The fraction of sp³-hybridized carbons (Fsp3) is 0.250. The van der Waals surface area contributed by atoms with Crippen molar-refractivity contribution in [2.75, 3.05) is 4.90 Å². The Kier molecular flexibility index (Phi) is 2.13. The number of fused-ring (bicyclic) bond motifs is 1. The van der Waals surface area contributed by atoms with Gasteiger partial charge in [0.1, 0.15) is 0 Å². The topological polar surface area (TPSA) is 60.1 Å². The molecule has 2 aromatic rings. The fourth-order valence-electron chi connectivity index (χ4n) is 2.08. The lowest BCUT2D eigenvalue weighted by Crippen LogP contribution is -2.32. The lowest BCUT2D eigenvalue weighted by molar-refractivity contribution is 0.245. The van der Waals surface area contributed by atoms with Crippen LogP contribution in [0.4, 0.5) is 10.5 Å². The molecular weight excluding hydrogens is 232 g/mol. The molecule has 6 heteroatoms. The Labute approximate surface area is 103 Å². The van der Waals surface area contributed by atoms with Gasteiger partial charge in [-0.05, 0) is 19.1 Å². The molecule has 0 fully saturated rings. The second-order valence-corrected chi connectivity index (χ2v) is 4.35. The molecule has 18 heavy (non-hydrogen) atoms. The van der Waals surface area contributed by atoms with Crippen molar-refractivity contribution in [1.29, 1.82) is 0 Å². The first-order chi connectivity index (χ1) is 8.58. The smallest absolute Gasteiger partial charge is 0.285 e. The van der Waals surface area contributed by atoms with Crippen molar-refractivity contribution in [2.24, 2.45) is 7.05 Å². The van der Waals surface area contributed by atoms with E-state index < -0.39 is 5.69 Å². The predicted molar refractivity (Wildman–Crippen MR) is 65.6 cm³/mol. The first-order valence-electron chi connectivity index (χ1n) is 5.61. The predicted octanol–water partition coefficient (Wildman–Crippen LogP) is 0.879. The summed E-state index contributed by atoms with van der Waals surface area (Å²) in [4.78, 5) is 29.0. The van der Waals surface area contributed by atoms with Crippen LogP contribution in [-0.2, 0) is 13.6 Å². The molecule has 0 atom stereocenters. The van der Waals surface area contributed by atoms with Gasteiger partial charge >= 0.3 is 11.7 Å². The van der Waals surface area contributed by atoms with Crippen LogP contribution < -0.4 is 10.6 Å². The van der Waals surface area contributed by atoms with Crippen molar-refractivity contribution in [3.63, 3.8) is 0 Å². The molecular formula is C12H12N4O2. The standard InChI is InChI=1S/C12H12N4O2/c1-8-3-5-9(6-4-8)15-7-10-13-11(17)14(2)16(10)12(15)18/h3-6H,7H2,1-2H3. The van der Waals surface area contributed by atoms with Gasteiger partial charge in [0.2, 0.25) is 0 Å². The van der Waals surface area contributed by atoms with Gasteiger partial charge in [0.25, 0.3) is 0 Å². The summed E-state index contributed by atoms with van der Waals surface area (Å²) in [5.41, 5.74) is 1.54. The Hall–Kier alpha value is -2.37. The van der Waals surface area contributed by atoms with Gasteiger partial charge in [0.05, 0.1) is 6.54 Å². The molecule has 2 heterocycles. The van der Waals surface area contributed by atoms with E-state index in [1.165, 1.54) is 16.4 Å². The van der Waals surface area contributed by atoms with E-state index in [0.717, 1.165) is 11.3 Å². The van der Waals surface area contributed by atoms with Crippen molar-refractivity contribution in [3.8, 4) is 0 Å². The maximum absolute atomic E-state index is 12.2. The Morgan fingerprint density at radius 1 is 1.17 bits per heavy atom. The van der Waals surface area contributed by atoms with E-state index >= 15 is 0 Å². The summed E-state index contributed by atoms with van der Waals surface area (Å²) in [6.45, 7) is 2.32. The maximum atomic E-state index is 12.2. The van der Waals surface area contributed by atoms with E-state index in [9.17, 15) is 9.59 Å². The van der Waals surface area contributed by atoms with Crippen LogP contribution in [0.1, 0.15) is 11.4 Å². The number of nitrogens with zero attached hydrogens (tertiary/aromatic N) is 4. The molecule has 0 aliphatic carbocycles. The summed E-state index contributed by atoms with van der Waals surface area (Å²) in [5, 5.41) is 0. The minimum atomic E-state index is -0.401. The van der Waals surface area contributed by atoms with Gasteiger partial charge in [0, 0.05) is 12.7 Å². The van der Waals surface area contributed by atoms with Gasteiger partial charge in [-0.2, -0.15) is 9.67 Å². The minimum Gasteiger partial charge on any atom is -0.285 e. The lowest BCUT2D eigenvalue weighted by Gasteiger charge is -2.15. The highest BCUT2D eigenvalue weighted by molar-refractivity contribution is 5.95. The molecule has 1 aliphatic heterocycles. The van der Waals surface area contributed by atoms with Gasteiger partial charge in [0.15, 0.2) is 5.82 Å². The largest absolute Gasteiger partial charge is 0.364 e. The van der Waals surface area contributed by atoms with Crippen LogP contribution in [0.5, 0.6) is 0 Å². The van der Waals surface area contributed by atoms with E-state index in [-0.39, 0.29) is 6.03 Å². The van der Waals surface area contributed by atoms with Gasteiger partial charge in [-0.3, -0.25) is 4.90 Å². The number of hydrogen-bond donors (Lipinski definition) is 0. The van der Waals surface area contributed by atoms with Crippen molar-refractivity contribution in [1.82, 2.24) is 14.3 Å². The number of rotatable bonds is 1. The van der Waals surface area contributed by atoms with E-state index in [0.29, 0.717) is 12.4 Å². The average Bonchev–Trinajstić information content (AvgIpc) is 2.80. The molecule has 0 unspecified atom stereocenters. The Morgan fingerprint density at radius 2 is 1.83 bits per heavy atom. The Balaban J connectivity index is 2.02. The molecule has 92 valence electrons. The van der Waals surface area contributed by atoms with Gasteiger partial charge in [-0.25, -0.2) is 14.3 Å². The van der Waals surface area contributed by atoms with Crippen LogP contribution in [0.2, 0.25) is 0 Å². The van der Waals surface area contributed by atoms with Crippen LogP contribution in [0.3, 0.4) is 0 Å². The quantitative estimate of drug-likeness (QED) is 0.748. The molecule has 6 nitrogen and oxygen atoms in total. The third kappa shape index (κ3) is 1.38. The van der Waals surface area contributed by atoms with Crippen molar-refractivity contribution >= 4 is 11.7 Å². The summed E-state index contributed by atoms with van der Waals surface area (Å²) < 4.78 is 2.54. The molecule has 1 amide bonds. The van der Waals surface area contributed by atoms with Crippen molar-refractivity contribution < 1.29 is 4.79 Å². The summed E-state index contributed by atoms with van der Waals surface area (Å²) in [7, 11) is 1.54. The maximum Gasteiger partial charge on any atom is 0.364 e. The van der Waals surface area contributed by atoms with E-state index in [4.69, 9.17) is 0 Å². The third-order valence-corrected chi connectivity index (χ3v) is 3.10. The molecule has 1 aromatic carbocycles. The van der Waals surface area contributed by atoms with Crippen LogP contribution >= 0.6 is 0 Å². The SMILES string of the molecule is Cc1ccc(N2Cc3nc(=O)n(C)n3C2=O)cc1. The Bertz CT molecular complexity index is 681. The first kappa shape index (κ1) is 10.8. The number of carbonyl (C=O) groups excluding carboxylic acids is 1. The lowest BCUT2D eigenvalue weighted by atomic mass is 10.2. The number of aryl methyl sites for hydroxylation is 1. The van der Waals surface area contributed by atoms with Crippen molar-refractivity contribution in [3.05, 3.63) is 46.1 Å². The van der Waals surface area contributed by atoms with Crippen LogP contribution in [0.25, 0.3) is 0 Å². The molecule has 0 saturated heterocycles. The van der Waals surface area contributed by atoms with Crippen LogP contribution in [0, 0.1) is 6.92 Å².